The summed E-state index contributed by atoms with van der Waals surface area (Å²) in [6.45, 7) is 10.1. The van der Waals surface area contributed by atoms with Crippen molar-refractivity contribution in [2.75, 3.05) is 80.4 Å². The van der Waals surface area contributed by atoms with Gasteiger partial charge in [-0.15, -0.1) is 24.0 Å². The SMILES string of the molecule is CCNC(=NCCOCCOC)N1CCN(Cc2cc(OC)ccc2OC)CC1.I. The van der Waals surface area contributed by atoms with Crippen LogP contribution >= 0.6 is 24.0 Å². The third kappa shape index (κ3) is 8.83. The predicted octanol–water partition coefficient (Wildman–Crippen LogP) is 2.07. The molecule has 0 atom stereocenters. The maximum Gasteiger partial charge on any atom is 0.194 e. The fraction of sp³-hybridized carbons (Fsp3) is 0.667. The highest BCUT2D eigenvalue weighted by Gasteiger charge is 2.20. The fourth-order valence-corrected chi connectivity index (χ4v) is 3.25. The Morgan fingerprint density at radius 3 is 2.43 bits per heavy atom. The number of benzene rings is 1. The third-order valence-electron chi connectivity index (χ3n) is 4.82. The molecule has 1 fully saturated rings. The van der Waals surface area contributed by atoms with E-state index in [4.69, 9.17) is 23.9 Å². The molecule has 1 aromatic rings. The second-order valence-corrected chi connectivity index (χ2v) is 6.78. The van der Waals surface area contributed by atoms with Crippen LogP contribution in [-0.4, -0.2) is 96.2 Å². The Morgan fingerprint density at radius 1 is 1.03 bits per heavy atom. The number of rotatable bonds is 11. The van der Waals surface area contributed by atoms with Crippen molar-refractivity contribution in [2.45, 2.75) is 13.5 Å². The highest BCUT2D eigenvalue weighted by atomic mass is 127. The van der Waals surface area contributed by atoms with E-state index in [-0.39, 0.29) is 24.0 Å². The number of methoxy groups -OCH3 is 3. The molecule has 1 aromatic carbocycles. The van der Waals surface area contributed by atoms with Crippen LogP contribution in [-0.2, 0) is 16.0 Å². The molecule has 0 spiro atoms. The van der Waals surface area contributed by atoms with Crippen molar-refractivity contribution < 1.29 is 18.9 Å². The van der Waals surface area contributed by atoms with Crippen LogP contribution < -0.4 is 14.8 Å². The van der Waals surface area contributed by atoms with Gasteiger partial charge in [0.2, 0.25) is 0 Å². The van der Waals surface area contributed by atoms with E-state index in [1.165, 1.54) is 0 Å². The predicted molar refractivity (Wildman–Crippen MR) is 130 cm³/mol. The van der Waals surface area contributed by atoms with Gasteiger partial charge in [0, 0.05) is 51.9 Å². The Bertz CT molecular complexity index is 625. The van der Waals surface area contributed by atoms with Crippen molar-refractivity contribution in [3.63, 3.8) is 0 Å². The minimum absolute atomic E-state index is 0. The molecule has 1 aliphatic heterocycles. The normalized spacial score (nSPS) is 14.9. The lowest BCUT2D eigenvalue weighted by Gasteiger charge is -2.36. The Balaban J connectivity index is 0.00000450. The van der Waals surface area contributed by atoms with Crippen LogP contribution in [0.3, 0.4) is 0 Å². The zero-order chi connectivity index (χ0) is 20.9. The fourth-order valence-electron chi connectivity index (χ4n) is 3.25. The van der Waals surface area contributed by atoms with Crippen molar-refractivity contribution >= 4 is 29.9 Å². The number of hydrogen-bond acceptors (Lipinski definition) is 6. The number of piperazine rings is 1. The maximum atomic E-state index is 5.52. The summed E-state index contributed by atoms with van der Waals surface area (Å²) in [5, 5.41) is 3.39. The smallest absolute Gasteiger partial charge is 0.194 e. The van der Waals surface area contributed by atoms with Crippen molar-refractivity contribution in [1.29, 1.82) is 0 Å². The van der Waals surface area contributed by atoms with E-state index in [1.807, 2.05) is 12.1 Å². The molecule has 2 rings (SSSR count). The van der Waals surface area contributed by atoms with Gasteiger partial charge in [-0.25, -0.2) is 0 Å². The number of guanidine groups is 1. The van der Waals surface area contributed by atoms with Gasteiger partial charge >= 0.3 is 0 Å². The van der Waals surface area contributed by atoms with E-state index in [1.54, 1.807) is 21.3 Å². The summed E-state index contributed by atoms with van der Waals surface area (Å²) in [6, 6.07) is 5.95. The van der Waals surface area contributed by atoms with E-state index in [0.717, 1.165) is 62.3 Å². The molecule has 0 radical (unpaired) electrons. The topological polar surface area (TPSA) is 67.8 Å². The molecule has 9 heteroatoms. The average Bonchev–Trinajstić information content (AvgIpc) is 2.76. The first-order chi connectivity index (χ1) is 14.2. The Kier molecular flexibility index (Phi) is 13.8. The summed E-state index contributed by atoms with van der Waals surface area (Å²) < 4.78 is 21.4. The van der Waals surface area contributed by atoms with Gasteiger partial charge in [-0.2, -0.15) is 0 Å². The molecule has 1 N–H and O–H groups in total. The molecule has 1 saturated heterocycles. The van der Waals surface area contributed by atoms with Gasteiger partial charge in [0.15, 0.2) is 5.96 Å². The molecule has 1 aliphatic rings. The highest BCUT2D eigenvalue weighted by molar-refractivity contribution is 14.0. The highest BCUT2D eigenvalue weighted by Crippen LogP contribution is 2.25. The van der Waals surface area contributed by atoms with Gasteiger partial charge in [0.1, 0.15) is 11.5 Å². The number of nitrogens with one attached hydrogen (secondary N) is 1. The van der Waals surface area contributed by atoms with Crippen LogP contribution in [0.2, 0.25) is 0 Å². The molecular weight excluding hydrogens is 499 g/mol. The van der Waals surface area contributed by atoms with Crippen LogP contribution in [0.15, 0.2) is 23.2 Å². The van der Waals surface area contributed by atoms with Crippen LogP contribution in [0, 0.1) is 0 Å². The molecule has 0 aliphatic carbocycles. The number of nitrogens with zero attached hydrogens (tertiary/aromatic N) is 3. The quantitative estimate of drug-likeness (QED) is 0.201. The minimum Gasteiger partial charge on any atom is -0.497 e. The molecule has 0 bridgehead atoms. The molecule has 172 valence electrons. The van der Waals surface area contributed by atoms with Crippen LogP contribution in [0.1, 0.15) is 12.5 Å². The zero-order valence-electron chi connectivity index (χ0n) is 18.7. The molecule has 8 nitrogen and oxygen atoms in total. The number of ether oxygens (including phenoxy) is 4. The molecule has 30 heavy (non-hydrogen) atoms. The lowest BCUT2D eigenvalue weighted by atomic mass is 10.1. The van der Waals surface area contributed by atoms with E-state index in [0.29, 0.717) is 26.4 Å². The molecule has 0 aromatic heterocycles. The van der Waals surface area contributed by atoms with E-state index >= 15 is 0 Å². The van der Waals surface area contributed by atoms with E-state index < -0.39 is 0 Å². The Morgan fingerprint density at radius 2 is 1.80 bits per heavy atom. The van der Waals surface area contributed by atoms with Gasteiger partial charge in [0.05, 0.1) is 40.6 Å². The van der Waals surface area contributed by atoms with Gasteiger partial charge in [-0.3, -0.25) is 9.89 Å². The summed E-state index contributed by atoms with van der Waals surface area (Å²) in [6.07, 6.45) is 0. The van der Waals surface area contributed by atoms with Crippen LogP contribution in [0.4, 0.5) is 0 Å². The largest absolute Gasteiger partial charge is 0.497 e. The first-order valence-electron chi connectivity index (χ1n) is 10.2. The van der Waals surface area contributed by atoms with Gasteiger partial charge in [-0.05, 0) is 25.1 Å². The third-order valence-corrected chi connectivity index (χ3v) is 4.82. The van der Waals surface area contributed by atoms with Crippen molar-refractivity contribution in [3.05, 3.63) is 23.8 Å². The summed E-state index contributed by atoms with van der Waals surface area (Å²) >= 11 is 0. The van der Waals surface area contributed by atoms with Gasteiger partial charge in [0.25, 0.3) is 0 Å². The first kappa shape index (κ1) is 26.7. The molecule has 0 amide bonds. The van der Waals surface area contributed by atoms with E-state index in [9.17, 15) is 0 Å². The summed E-state index contributed by atoms with van der Waals surface area (Å²) in [7, 11) is 5.07. The van der Waals surface area contributed by atoms with Crippen molar-refractivity contribution in [2.24, 2.45) is 4.99 Å². The second kappa shape index (κ2) is 15.5. The van der Waals surface area contributed by atoms with Crippen molar-refractivity contribution in [1.82, 2.24) is 15.1 Å². The molecular formula is C21H37IN4O4. The Labute approximate surface area is 197 Å². The lowest BCUT2D eigenvalue weighted by molar-refractivity contribution is 0.0746. The molecule has 1 heterocycles. The summed E-state index contributed by atoms with van der Waals surface area (Å²) in [5.74, 6) is 2.71. The number of aliphatic imine (C=N–C) groups is 1. The Hall–Kier alpha value is -1.30. The van der Waals surface area contributed by atoms with E-state index in [2.05, 4.69) is 28.1 Å². The monoisotopic (exact) mass is 536 g/mol. The van der Waals surface area contributed by atoms with Crippen LogP contribution in [0.25, 0.3) is 0 Å². The average molecular weight is 536 g/mol. The maximum absolute atomic E-state index is 5.52. The lowest BCUT2D eigenvalue weighted by Crippen LogP contribution is -2.52. The summed E-state index contributed by atoms with van der Waals surface area (Å²) in [4.78, 5) is 9.46. The van der Waals surface area contributed by atoms with Gasteiger partial charge in [-0.1, -0.05) is 0 Å². The van der Waals surface area contributed by atoms with Crippen LogP contribution in [0.5, 0.6) is 11.5 Å². The number of halogens is 1. The second-order valence-electron chi connectivity index (χ2n) is 6.78. The molecule has 0 unspecified atom stereocenters. The van der Waals surface area contributed by atoms with Crippen molar-refractivity contribution in [3.8, 4) is 11.5 Å². The minimum atomic E-state index is 0. The molecule has 0 saturated carbocycles. The standard InChI is InChI=1S/C21H36N4O4.HI/c1-5-22-21(23-8-13-29-15-14-26-2)25-11-9-24(10-12-25)17-18-16-19(27-3)6-7-20(18)28-4;/h6-7,16H,5,8-15,17H2,1-4H3,(H,22,23);1H. The summed E-state index contributed by atoms with van der Waals surface area (Å²) in [5.41, 5.74) is 1.15. The zero-order valence-corrected chi connectivity index (χ0v) is 21.0. The number of hydrogen-bond donors (Lipinski definition) is 1. The first-order valence-corrected chi connectivity index (χ1v) is 10.2. The van der Waals surface area contributed by atoms with Gasteiger partial charge < -0.3 is 29.2 Å².